The Kier molecular flexibility index (Phi) is 5.80. The van der Waals surface area contributed by atoms with E-state index in [2.05, 4.69) is 45.4 Å². The van der Waals surface area contributed by atoms with E-state index in [1.807, 2.05) is 30.3 Å². The molecule has 3 heterocycles. The first-order chi connectivity index (χ1) is 15.2. The largest absolute Gasteiger partial charge is 0.355 e. The summed E-state index contributed by atoms with van der Waals surface area (Å²) >= 11 is 1.71. The van der Waals surface area contributed by atoms with Crippen LogP contribution in [0.2, 0.25) is 0 Å². The van der Waals surface area contributed by atoms with Crippen LogP contribution in [0.25, 0.3) is 11.3 Å². The highest BCUT2D eigenvalue weighted by Gasteiger charge is 2.28. The van der Waals surface area contributed by atoms with E-state index >= 15 is 0 Å². The molecule has 160 valence electrons. The van der Waals surface area contributed by atoms with Gasteiger partial charge < -0.3 is 14.7 Å². The lowest BCUT2D eigenvalue weighted by Gasteiger charge is -2.34. The number of carbonyl (C=O) groups excluding carboxylic acids is 1. The molecule has 0 aliphatic carbocycles. The minimum atomic E-state index is -0.228. The summed E-state index contributed by atoms with van der Waals surface area (Å²) in [6, 6.07) is 16.2. The first-order valence-electron chi connectivity index (χ1n) is 10.8. The van der Waals surface area contributed by atoms with E-state index in [4.69, 9.17) is 4.52 Å². The Hall–Kier alpha value is -2.61. The summed E-state index contributed by atoms with van der Waals surface area (Å²) in [6.07, 6.45) is 0. The van der Waals surface area contributed by atoms with Gasteiger partial charge in [-0.2, -0.15) is 0 Å². The Morgan fingerprint density at radius 2 is 1.81 bits per heavy atom. The molecule has 1 N–H and O–H groups in total. The number of piperazine rings is 1. The van der Waals surface area contributed by atoms with Crippen LogP contribution in [-0.2, 0) is 12.3 Å². The first-order valence-corrected chi connectivity index (χ1v) is 11.8. The van der Waals surface area contributed by atoms with Gasteiger partial charge in [0.1, 0.15) is 0 Å². The fraction of sp³-hybridized carbons (Fsp3) is 0.333. The predicted octanol–water partition coefficient (Wildman–Crippen LogP) is 4.34. The molecule has 0 bridgehead atoms. The van der Waals surface area contributed by atoms with Gasteiger partial charge in [0.2, 0.25) is 0 Å². The molecule has 2 aromatic carbocycles. The summed E-state index contributed by atoms with van der Waals surface area (Å²) in [5.41, 5.74) is 4.27. The number of anilines is 1. The minimum absolute atomic E-state index is 0.228. The molecule has 7 heteroatoms. The van der Waals surface area contributed by atoms with Crippen molar-refractivity contribution in [2.75, 3.05) is 38.0 Å². The zero-order valence-electron chi connectivity index (χ0n) is 17.6. The van der Waals surface area contributed by atoms with Crippen LogP contribution in [0.5, 0.6) is 0 Å². The third kappa shape index (κ3) is 4.26. The zero-order chi connectivity index (χ0) is 21.2. The van der Waals surface area contributed by atoms with E-state index in [9.17, 15) is 4.79 Å². The molecule has 3 aromatic rings. The number of benzene rings is 2. The van der Waals surface area contributed by atoms with Gasteiger partial charge in [-0.1, -0.05) is 36.3 Å². The number of nitrogens with one attached hydrogen (secondary N) is 1. The van der Waals surface area contributed by atoms with Gasteiger partial charge >= 0.3 is 0 Å². The van der Waals surface area contributed by atoms with E-state index in [-0.39, 0.29) is 5.91 Å². The Morgan fingerprint density at radius 3 is 2.58 bits per heavy atom. The summed E-state index contributed by atoms with van der Waals surface area (Å²) < 4.78 is 5.56. The van der Waals surface area contributed by atoms with Gasteiger partial charge in [-0.25, -0.2) is 0 Å². The van der Waals surface area contributed by atoms with Crippen LogP contribution in [0.3, 0.4) is 0 Å². The standard InChI is InChI=1S/C24H26N4O2S/c1-2-27-11-13-28(14-12-27)15-17-7-9-18(10-8-17)25-24(29)22-20-16-31-21-6-4-3-5-19(21)23(20)30-26-22/h3-10H,2,11-16H2,1H3,(H,25,29). The average Bonchev–Trinajstić information content (AvgIpc) is 3.26. The first kappa shape index (κ1) is 20.3. The molecule has 1 fully saturated rings. The third-order valence-corrected chi connectivity index (χ3v) is 7.14. The molecular weight excluding hydrogens is 408 g/mol. The maximum Gasteiger partial charge on any atom is 0.278 e. The van der Waals surface area contributed by atoms with Crippen molar-refractivity contribution >= 4 is 23.4 Å². The maximum absolute atomic E-state index is 12.9. The number of amides is 1. The van der Waals surface area contributed by atoms with Crippen molar-refractivity contribution in [3.8, 4) is 11.3 Å². The molecule has 1 aromatic heterocycles. The highest BCUT2D eigenvalue weighted by molar-refractivity contribution is 7.98. The highest BCUT2D eigenvalue weighted by Crippen LogP contribution is 2.42. The molecule has 0 atom stereocenters. The normalized spacial score (nSPS) is 16.5. The van der Waals surface area contributed by atoms with Crippen molar-refractivity contribution < 1.29 is 9.32 Å². The molecule has 6 nitrogen and oxygen atoms in total. The zero-order valence-corrected chi connectivity index (χ0v) is 18.5. The number of likely N-dealkylation sites (N-methyl/N-ethyl adjacent to an activating group) is 1. The third-order valence-electron chi connectivity index (χ3n) is 6.04. The van der Waals surface area contributed by atoms with Crippen molar-refractivity contribution in [2.24, 2.45) is 0 Å². The van der Waals surface area contributed by atoms with Crippen LogP contribution in [-0.4, -0.2) is 53.6 Å². The number of fused-ring (bicyclic) bond motifs is 3. The number of thioether (sulfide) groups is 1. The van der Waals surface area contributed by atoms with Gasteiger partial charge in [-0.15, -0.1) is 11.8 Å². The molecule has 0 spiro atoms. The molecule has 1 saturated heterocycles. The molecule has 2 aliphatic heterocycles. The van der Waals surface area contributed by atoms with E-state index in [1.165, 1.54) is 5.56 Å². The summed E-state index contributed by atoms with van der Waals surface area (Å²) in [7, 11) is 0. The van der Waals surface area contributed by atoms with Crippen molar-refractivity contribution in [3.05, 3.63) is 65.4 Å². The van der Waals surface area contributed by atoms with Crippen LogP contribution in [0, 0.1) is 0 Å². The van der Waals surface area contributed by atoms with Gasteiger partial charge in [-0.05, 0) is 36.4 Å². The smallest absolute Gasteiger partial charge is 0.278 e. The number of rotatable bonds is 5. The van der Waals surface area contributed by atoms with Crippen molar-refractivity contribution in [2.45, 2.75) is 24.1 Å². The molecule has 0 radical (unpaired) electrons. The number of carbonyl (C=O) groups is 1. The monoisotopic (exact) mass is 434 g/mol. The lowest BCUT2D eigenvalue weighted by molar-refractivity contribution is 0.101. The summed E-state index contributed by atoms with van der Waals surface area (Å²) in [4.78, 5) is 19.0. The number of hydrogen-bond acceptors (Lipinski definition) is 6. The van der Waals surface area contributed by atoms with Gasteiger partial charge in [0, 0.05) is 60.2 Å². The molecule has 0 saturated carbocycles. The summed E-state index contributed by atoms with van der Waals surface area (Å²) in [6.45, 7) is 8.76. The molecule has 31 heavy (non-hydrogen) atoms. The maximum atomic E-state index is 12.9. The number of aromatic nitrogens is 1. The van der Waals surface area contributed by atoms with E-state index in [0.717, 1.165) is 61.0 Å². The topological polar surface area (TPSA) is 61.6 Å². The van der Waals surface area contributed by atoms with Crippen LogP contribution in [0.1, 0.15) is 28.5 Å². The van der Waals surface area contributed by atoms with Crippen LogP contribution < -0.4 is 5.32 Å². The fourth-order valence-electron chi connectivity index (χ4n) is 4.17. The van der Waals surface area contributed by atoms with Crippen molar-refractivity contribution in [3.63, 3.8) is 0 Å². The number of hydrogen-bond donors (Lipinski definition) is 1. The van der Waals surface area contributed by atoms with Gasteiger partial charge in [-0.3, -0.25) is 9.69 Å². The second kappa shape index (κ2) is 8.86. The fourth-order valence-corrected chi connectivity index (χ4v) is 5.23. The van der Waals surface area contributed by atoms with E-state index in [1.54, 1.807) is 11.8 Å². The van der Waals surface area contributed by atoms with E-state index < -0.39 is 0 Å². The predicted molar refractivity (Wildman–Crippen MR) is 123 cm³/mol. The van der Waals surface area contributed by atoms with Crippen molar-refractivity contribution in [1.29, 1.82) is 0 Å². The molecule has 2 aliphatic rings. The highest BCUT2D eigenvalue weighted by atomic mass is 32.2. The van der Waals surface area contributed by atoms with Gasteiger partial charge in [0.25, 0.3) is 5.91 Å². The average molecular weight is 435 g/mol. The quantitative estimate of drug-likeness (QED) is 0.645. The van der Waals surface area contributed by atoms with Crippen LogP contribution in [0.15, 0.2) is 57.9 Å². The lowest BCUT2D eigenvalue weighted by atomic mass is 10.1. The van der Waals surface area contributed by atoms with Gasteiger partial charge in [0.15, 0.2) is 11.5 Å². The minimum Gasteiger partial charge on any atom is -0.355 e. The Morgan fingerprint density at radius 1 is 1.06 bits per heavy atom. The SMILES string of the molecule is CCN1CCN(Cc2ccc(NC(=O)c3noc4c3CSc3ccccc3-4)cc2)CC1. The summed E-state index contributed by atoms with van der Waals surface area (Å²) in [5, 5.41) is 7.06. The van der Waals surface area contributed by atoms with Crippen LogP contribution in [0.4, 0.5) is 5.69 Å². The Balaban J connectivity index is 1.23. The van der Waals surface area contributed by atoms with Crippen molar-refractivity contribution in [1.82, 2.24) is 15.0 Å². The van der Waals surface area contributed by atoms with Gasteiger partial charge in [0.05, 0.1) is 0 Å². The summed E-state index contributed by atoms with van der Waals surface area (Å²) in [5.74, 6) is 1.16. The van der Waals surface area contributed by atoms with Crippen LogP contribution >= 0.6 is 11.8 Å². The molecule has 5 rings (SSSR count). The molecule has 0 unspecified atom stereocenters. The Bertz CT molecular complexity index is 1070. The second-order valence-electron chi connectivity index (χ2n) is 7.99. The Labute approximate surface area is 186 Å². The lowest BCUT2D eigenvalue weighted by Crippen LogP contribution is -2.45. The number of nitrogens with zero attached hydrogens (tertiary/aromatic N) is 3. The molecular formula is C24H26N4O2S. The van der Waals surface area contributed by atoms with E-state index in [0.29, 0.717) is 17.2 Å². The molecule has 1 amide bonds. The second-order valence-corrected chi connectivity index (χ2v) is 9.00.